The van der Waals surface area contributed by atoms with E-state index < -0.39 is 0 Å². The molecule has 0 fully saturated rings. The SMILES string of the molecule is c1ccc(COc2cccc(NCc3ccc(-c4ccccc4)cc3)c2)cc1. The summed E-state index contributed by atoms with van der Waals surface area (Å²) in [4.78, 5) is 0. The highest BCUT2D eigenvalue weighted by atomic mass is 16.5. The summed E-state index contributed by atoms with van der Waals surface area (Å²) < 4.78 is 5.91. The molecule has 0 aliphatic rings. The largest absolute Gasteiger partial charge is 0.489 e. The van der Waals surface area contributed by atoms with Crippen LogP contribution in [0.25, 0.3) is 11.1 Å². The molecule has 4 rings (SSSR count). The van der Waals surface area contributed by atoms with E-state index in [-0.39, 0.29) is 0 Å². The van der Waals surface area contributed by atoms with Crippen LogP contribution in [0.5, 0.6) is 5.75 Å². The first-order chi connectivity index (χ1) is 13.9. The minimum Gasteiger partial charge on any atom is -0.489 e. The Labute approximate surface area is 166 Å². The van der Waals surface area contributed by atoms with Crippen molar-refractivity contribution >= 4 is 5.69 Å². The minimum atomic E-state index is 0.575. The highest BCUT2D eigenvalue weighted by Crippen LogP contribution is 2.21. The van der Waals surface area contributed by atoms with Gasteiger partial charge in [-0.3, -0.25) is 0 Å². The lowest BCUT2D eigenvalue weighted by molar-refractivity contribution is 0.306. The van der Waals surface area contributed by atoms with Crippen LogP contribution >= 0.6 is 0 Å². The summed E-state index contributed by atoms with van der Waals surface area (Å²) in [7, 11) is 0. The molecule has 2 heteroatoms. The van der Waals surface area contributed by atoms with Gasteiger partial charge in [0.15, 0.2) is 0 Å². The number of hydrogen-bond acceptors (Lipinski definition) is 2. The van der Waals surface area contributed by atoms with Crippen molar-refractivity contribution in [2.45, 2.75) is 13.2 Å². The van der Waals surface area contributed by atoms with E-state index >= 15 is 0 Å². The molecule has 4 aromatic rings. The Balaban J connectivity index is 1.34. The van der Waals surface area contributed by atoms with Gasteiger partial charge in [0.1, 0.15) is 12.4 Å². The van der Waals surface area contributed by atoms with Crippen LogP contribution in [0.3, 0.4) is 0 Å². The van der Waals surface area contributed by atoms with Crippen molar-refractivity contribution in [3.8, 4) is 16.9 Å². The topological polar surface area (TPSA) is 21.3 Å². The highest BCUT2D eigenvalue weighted by Gasteiger charge is 2.00. The zero-order chi connectivity index (χ0) is 19.0. The minimum absolute atomic E-state index is 0.575. The number of nitrogens with one attached hydrogen (secondary N) is 1. The fourth-order valence-electron chi connectivity index (χ4n) is 3.09. The fourth-order valence-corrected chi connectivity index (χ4v) is 3.09. The molecular weight excluding hydrogens is 342 g/mol. The van der Waals surface area contributed by atoms with Gasteiger partial charge >= 0.3 is 0 Å². The third-order valence-corrected chi connectivity index (χ3v) is 4.64. The average Bonchev–Trinajstić information content (AvgIpc) is 2.78. The molecule has 0 radical (unpaired) electrons. The highest BCUT2D eigenvalue weighted by molar-refractivity contribution is 5.63. The molecule has 0 spiro atoms. The van der Waals surface area contributed by atoms with Crippen LogP contribution in [0.4, 0.5) is 5.69 Å². The summed E-state index contributed by atoms with van der Waals surface area (Å²) >= 11 is 0. The zero-order valence-electron chi connectivity index (χ0n) is 15.7. The van der Waals surface area contributed by atoms with Crippen molar-refractivity contribution < 1.29 is 4.74 Å². The second kappa shape index (κ2) is 8.92. The first-order valence-electron chi connectivity index (χ1n) is 9.52. The van der Waals surface area contributed by atoms with Gasteiger partial charge in [-0.2, -0.15) is 0 Å². The number of ether oxygens (including phenoxy) is 1. The van der Waals surface area contributed by atoms with E-state index in [0.717, 1.165) is 18.0 Å². The summed E-state index contributed by atoms with van der Waals surface area (Å²) in [5, 5.41) is 3.48. The molecule has 0 atom stereocenters. The maximum atomic E-state index is 5.91. The van der Waals surface area contributed by atoms with E-state index in [1.165, 1.54) is 22.3 Å². The maximum absolute atomic E-state index is 5.91. The molecule has 0 saturated carbocycles. The summed E-state index contributed by atoms with van der Waals surface area (Å²) in [5.41, 5.74) is 5.94. The zero-order valence-corrected chi connectivity index (χ0v) is 15.7. The summed E-state index contributed by atoms with van der Waals surface area (Å²) in [6, 6.07) is 37.5. The van der Waals surface area contributed by atoms with Crippen LogP contribution in [0.1, 0.15) is 11.1 Å². The Morgan fingerprint density at radius 1 is 0.571 bits per heavy atom. The molecule has 0 bridgehead atoms. The van der Waals surface area contributed by atoms with Gasteiger partial charge in [0.05, 0.1) is 0 Å². The molecule has 0 saturated heterocycles. The van der Waals surface area contributed by atoms with Crippen LogP contribution in [0, 0.1) is 0 Å². The van der Waals surface area contributed by atoms with Crippen molar-refractivity contribution in [3.05, 3.63) is 120 Å². The lowest BCUT2D eigenvalue weighted by Gasteiger charge is -2.11. The van der Waals surface area contributed by atoms with E-state index in [0.29, 0.717) is 6.61 Å². The molecule has 0 aliphatic carbocycles. The van der Waals surface area contributed by atoms with Gasteiger partial charge in [0.25, 0.3) is 0 Å². The predicted octanol–water partition coefficient (Wildman–Crippen LogP) is 6.54. The molecule has 28 heavy (non-hydrogen) atoms. The fraction of sp³-hybridized carbons (Fsp3) is 0.0769. The second-order valence-corrected chi connectivity index (χ2v) is 6.72. The molecule has 0 heterocycles. The van der Waals surface area contributed by atoms with Crippen molar-refractivity contribution in [1.82, 2.24) is 0 Å². The lowest BCUT2D eigenvalue weighted by atomic mass is 10.0. The van der Waals surface area contributed by atoms with Crippen molar-refractivity contribution in [2.75, 3.05) is 5.32 Å². The third-order valence-electron chi connectivity index (χ3n) is 4.64. The summed E-state index contributed by atoms with van der Waals surface area (Å²) in [5.74, 6) is 0.869. The normalized spacial score (nSPS) is 10.4. The molecule has 1 N–H and O–H groups in total. The van der Waals surface area contributed by atoms with Crippen molar-refractivity contribution in [3.63, 3.8) is 0 Å². The molecule has 0 aromatic heterocycles. The number of rotatable bonds is 7. The summed E-state index contributed by atoms with van der Waals surface area (Å²) in [6.45, 7) is 1.35. The first kappa shape index (κ1) is 17.9. The Hall–Kier alpha value is -3.52. The smallest absolute Gasteiger partial charge is 0.121 e. The Morgan fingerprint density at radius 2 is 1.25 bits per heavy atom. The molecular formula is C26H23NO. The number of benzene rings is 4. The van der Waals surface area contributed by atoms with Crippen LogP contribution in [0.15, 0.2) is 109 Å². The third kappa shape index (κ3) is 4.80. The van der Waals surface area contributed by atoms with E-state index in [1.54, 1.807) is 0 Å². The Morgan fingerprint density at radius 3 is 2.00 bits per heavy atom. The average molecular weight is 365 g/mol. The maximum Gasteiger partial charge on any atom is 0.121 e. The monoisotopic (exact) mass is 365 g/mol. The van der Waals surface area contributed by atoms with Crippen molar-refractivity contribution in [2.24, 2.45) is 0 Å². The molecule has 138 valence electrons. The van der Waals surface area contributed by atoms with Crippen LogP contribution in [0.2, 0.25) is 0 Å². The molecule has 0 amide bonds. The van der Waals surface area contributed by atoms with Gasteiger partial charge in [-0.05, 0) is 34.4 Å². The van der Waals surface area contributed by atoms with E-state index in [1.807, 2.05) is 42.5 Å². The molecule has 2 nitrogen and oxygen atoms in total. The first-order valence-corrected chi connectivity index (χ1v) is 9.52. The van der Waals surface area contributed by atoms with Crippen LogP contribution in [-0.2, 0) is 13.2 Å². The van der Waals surface area contributed by atoms with Gasteiger partial charge in [-0.15, -0.1) is 0 Å². The van der Waals surface area contributed by atoms with E-state index in [4.69, 9.17) is 4.74 Å². The van der Waals surface area contributed by atoms with Gasteiger partial charge in [-0.25, -0.2) is 0 Å². The van der Waals surface area contributed by atoms with Crippen molar-refractivity contribution in [1.29, 1.82) is 0 Å². The predicted molar refractivity (Wildman–Crippen MR) is 116 cm³/mol. The lowest BCUT2D eigenvalue weighted by Crippen LogP contribution is -2.00. The Kier molecular flexibility index (Phi) is 5.69. The van der Waals surface area contributed by atoms with Crippen LogP contribution in [-0.4, -0.2) is 0 Å². The number of anilines is 1. The molecule has 0 unspecified atom stereocenters. The van der Waals surface area contributed by atoms with Gasteiger partial charge < -0.3 is 10.1 Å². The van der Waals surface area contributed by atoms with Gasteiger partial charge in [0.2, 0.25) is 0 Å². The van der Waals surface area contributed by atoms with E-state index in [9.17, 15) is 0 Å². The van der Waals surface area contributed by atoms with Gasteiger partial charge in [0, 0.05) is 18.3 Å². The standard InChI is InChI=1S/C26H23NO/c1-3-8-22(9-4-1)20-28-26-13-7-12-25(18-26)27-19-21-14-16-24(17-15-21)23-10-5-2-6-11-23/h1-18,27H,19-20H2. The molecule has 0 aliphatic heterocycles. The number of hydrogen-bond donors (Lipinski definition) is 1. The van der Waals surface area contributed by atoms with Gasteiger partial charge in [-0.1, -0.05) is 91.0 Å². The quantitative estimate of drug-likeness (QED) is 0.401. The summed E-state index contributed by atoms with van der Waals surface area (Å²) in [6.07, 6.45) is 0. The van der Waals surface area contributed by atoms with E-state index in [2.05, 4.69) is 72.0 Å². The Bertz CT molecular complexity index is 995. The second-order valence-electron chi connectivity index (χ2n) is 6.72. The van der Waals surface area contributed by atoms with Crippen LogP contribution < -0.4 is 10.1 Å². The molecule has 4 aromatic carbocycles.